The van der Waals surface area contributed by atoms with E-state index in [-0.39, 0.29) is 113 Å². The van der Waals surface area contributed by atoms with E-state index >= 15 is 4.79 Å². The number of carboxylic acid groups (broad SMARTS) is 1. The highest BCUT2D eigenvalue weighted by molar-refractivity contribution is 6.02. The third-order valence-electron chi connectivity index (χ3n) is 24.0. The van der Waals surface area contributed by atoms with Crippen LogP contribution in [0.15, 0.2) is 73.6 Å². The average molecular weight is 1970 g/mol. The maximum absolute atomic E-state index is 15.0. The number of phenols is 2. The van der Waals surface area contributed by atoms with E-state index < -0.39 is 259 Å². The van der Waals surface area contributed by atoms with Crippen LogP contribution in [0.3, 0.4) is 0 Å². The van der Waals surface area contributed by atoms with Crippen molar-refractivity contribution in [3.8, 4) is 11.5 Å². The molecular weight excluding hydrogens is 1820 g/mol. The molecule has 18 atom stereocenters. The van der Waals surface area contributed by atoms with E-state index in [1.165, 1.54) is 90.3 Å². The van der Waals surface area contributed by atoms with E-state index in [0.717, 1.165) is 0 Å². The molecule has 4 heterocycles. The van der Waals surface area contributed by atoms with E-state index in [1.807, 2.05) is 0 Å². The minimum absolute atomic E-state index is 0.0000912. The molecule has 4 aromatic rings. The number of hydrogen-bond donors (Lipinski definition) is 24. The fraction of sp³-hybridized carbons (Fsp3) is 0.602. The van der Waals surface area contributed by atoms with Crippen molar-refractivity contribution in [3.05, 3.63) is 96.1 Å². The predicted octanol–water partition coefficient (Wildman–Crippen LogP) is -4.10. The van der Waals surface area contributed by atoms with Crippen LogP contribution in [-0.2, 0) is 117 Å². The van der Waals surface area contributed by atoms with E-state index in [4.69, 9.17) is 11.5 Å². The number of aliphatic carboxylic acids is 1. The Morgan fingerprint density at radius 3 is 1.22 bits per heavy atom. The summed E-state index contributed by atoms with van der Waals surface area (Å²) in [5.74, 6) is -19.8. The maximum atomic E-state index is 15.0. The summed E-state index contributed by atoms with van der Waals surface area (Å²) < 4.78 is 0. The lowest BCUT2D eigenvalue weighted by Gasteiger charge is -2.32. The third-order valence-corrected chi connectivity index (χ3v) is 24.0. The number of rotatable bonds is 57. The number of carboxylic acids is 1. The summed E-state index contributed by atoms with van der Waals surface area (Å²) in [4.78, 5) is 283. The Bertz CT molecular complexity index is 4870. The maximum Gasteiger partial charge on any atom is 0.326 e. The number of aromatic hydroxyl groups is 2. The minimum atomic E-state index is -1.69. The highest BCUT2D eigenvalue weighted by atomic mass is 16.4. The van der Waals surface area contributed by atoms with E-state index in [0.29, 0.717) is 41.8 Å². The molecule has 6 rings (SSSR count). The molecular formula is C93H141N23O24. The van der Waals surface area contributed by atoms with Crippen LogP contribution < -0.4 is 91.2 Å². The zero-order valence-electron chi connectivity index (χ0n) is 81.4. The molecule has 2 fully saturated rings. The molecule has 0 bridgehead atoms. The molecule has 0 saturated carbocycles. The summed E-state index contributed by atoms with van der Waals surface area (Å²) in [6, 6.07) is -11.6. The number of amides is 18. The van der Waals surface area contributed by atoms with Gasteiger partial charge in [0.25, 0.3) is 0 Å². The number of H-pyrrole nitrogens is 2. The highest BCUT2D eigenvalue weighted by Gasteiger charge is 2.45. The lowest BCUT2D eigenvalue weighted by atomic mass is 9.96. The van der Waals surface area contributed by atoms with Crippen LogP contribution in [0, 0.1) is 35.5 Å². The Balaban J connectivity index is 1.16. The topological polar surface area (TPSA) is 722 Å². The first-order chi connectivity index (χ1) is 66.1. The first kappa shape index (κ1) is 115. The second-order valence-electron chi connectivity index (χ2n) is 37.2. The van der Waals surface area contributed by atoms with Gasteiger partial charge in [-0.25, -0.2) is 14.8 Å². The molecule has 2 saturated heterocycles. The number of aliphatic hydroxyl groups excluding tert-OH is 2. The van der Waals surface area contributed by atoms with Crippen LogP contribution in [-0.4, -0.2) is 304 Å². The number of nitrogens with zero attached hydrogens (tertiary/aromatic N) is 4. The molecule has 0 aliphatic carbocycles. The van der Waals surface area contributed by atoms with Gasteiger partial charge in [0.2, 0.25) is 106 Å². The zero-order valence-corrected chi connectivity index (χ0v) is 81.4. The van der Waals surface area contributed by atoms with Crippen LogP contribution in [0.25, 0.3) is 0 Å². The predicted molar refractivity (Wildman–Crippen MR) is 505 cm³/mol. The molecule has 772 valence electrons. The number of carbonyl (C=O) groups excluding carboxylic acids is 18. The molecule has 140 heavy (non-hydrogen) atoms. The average Bonchev–Trinajstić information content (AvgIpc) is 1.70. The smallest absolute Gasteiger partial charge is 0.326 e. The number of imidazole rings is 2. The summed E-state index contributed by atoms with van der Waals surface area (Å²) in [5, 5.41) is 88.5. The number of nitrogens with one attached hydrogen (secondary N) is 17. The van der Waals surface area contributed by atoms with Crippen LogP contribution in [0.2, 0.25) is 0 Å². The lowest BCUT2D eigenvalue weighted by Crippen LogP contribution is -2.62. The van der Waals surface area contributed by atoms with Crippen molar-refractivity contribution in [1.82, 2.24) is 109 Å². The van der Waals surface area contributed by atoms with Gasteiger partial charge in [-0.15, -0.1) is 0 Å². The Kier molecular flexibility index (Phi) is 46.3. The monoisotopic (exact) mass is 1960 g/mol. The van der Waals surface area contributed by atoms with Crippen molar-refractivity contribution in [1.29, 1.82) is 0 Å². The van der Waals surface area contributed by atoms with Gasteiger partial charge in [-0.3, -0.25) is 86.3 Å². The Morgan fingerprint density at radius 1 is 0.414 bits per heavy atom. The van der Waals surface area contributed by atoms with Gasteiger partial charge in [0.05, 0.1) is 39.0 Å². The number of likely N-dealkylation sites (tertiary alicyclic amines) is 2. The molecule has 2 aromatic heterocycles. The molecule has 47 heteroatoms. The first-order valence-corrected chi connectivity index (χ1v) is 47.2. The van der Waals surface area contributed by atoms with Crippen LogP contribution in [0.4, 0.5) is 0 Å². The first-order valence-electron chi connectivity index (χ1n) is 47.2. The van der Waals surface area contributed by atoms with Crippen molar-refractivity contribution in [2.75, 3.05) is 39.4 Å². The number of aliphatic hydroxyl groups is 2. The van der Waals surface area contributed by atoms with Crippen molar-refractivity contribution in [3.63, 3.8) is 0 Å². The van der Waals surface area contributed by atoms with Crippen LogP contribution >= 0.6 is 0 Å². The van der Waals surface area contributed by atoms with E-state index in [9.17, 15) is 112 Å². The Labute approximate surface area is 811 Å². The molecule has 47 nitrogen and oxygen atoms in total. The largest absolute Gasteiger partial charge is 0.508 e. The van der Waals surface area contributed by atoms with E-state index in [2.05, 4.69) is 99.7 Å². The summed E-state index contributed by atoms with van der Waals surface area (Å²) in [6.45, 7) is 18.8. The summed E-state index contributed by atoms with van der Waals surface area (Å²) in [6.07, 6.45) is 4.76. The van der Waals surface area contributed by atoms with E-state index in [1.54, 1.807) is 83.1 Å². The summed E-state index contributed by atoms with van der Waals surface area (Å²) in [5.41, 5.74) is 12.8. The number of aromatic amines is 2. The molecule has 26 N–H and O–H groups in total. The fourth-order valence-electron chi connectivity index (χ4n) is 15.7. The number of benzene rings is 2. The van der Waals surface area contributed by atoms with Crippen LogP contribution in [0.1, 0.15) is 183 Å². The number of phenolic OH excluding ortho intramolecular Hbond substituents is 2. The SMILES string of the molecule is CC[C@H](C)[C@H](NC(=O)C(CO)NC(=O)[C@@H]1CCCN1C(=O)[C@H](CC(C)C)NC(=O)[C@H](Cc1ccc(O)cc1)NC(=O)[C@H](C)NC(=O)[C@H](Cc1cnc[nH]1)NC(=O)[C@H](Cc1cnc[nH]1)NC(=O)[C@H](CC(C)C)NC(=O)[C@@H](NC(=O)[C@@H]1CCCN1C(=O)[C@H](CC(C)C)NC(=O)[C@H](CCC(N)=O)NC(=O)[C@H](Cc1ccc(O)cc1)NC(=O)[C@@H](N)CO)[C@@H](C)CC)C(=O)NCC(=O)NCC(=O)N[C@H](C(=O)O)C(C)C. The van der Waals surface area contributed by atoms with Gasteiger partial charge in [-0.05, 0) is 129 Å². The molecule has 2 aromatic carbocycles. The quantitative estimate of drug-likeness (QED) is 0.0200. The fourth-order valence-corrected chi connectivity index (χ4v) is 15.7. The number of nitrogens with two attached hydrogens (primary N) is 2. The van der Waals surface area contributed by atoms with Crippen molar-refractivity contribution >= 4 is 112 Å². The van der Waals surface area contributed by atoms with Gasteiger partial charge >= 0.3 is 5.97 Å². The van der Waals surface area contributed by atoms with Crippen molar-refractivity contribution in [2.45, 2.75) is 283 Å². The van der Waals surface area contributed by atoms with Gasteiger partial charge < -0.3 is 137 Å². The van der Waals surface area contributed by atoms with Gasteiger partial charge in [0, 0.05) is 69.0 Å². The third kappa shape index (κ3) is 36.6. The van der Waals surface area contributed by atoms with Gasteiger partial charge in [-0.1, -0.05) is 120 Å². The molecule has 2 aliphatic heterocycles. The standard InChI is InChI=1S/C93H141N23O24/c1-14-51(11)76(89(135)99-41-73(122)98-42-74(123)112-75(50(9)10)93(139)140)113-86(132)69(44-118)111-87(133)70-18-16-30-115(70)92(138)68(34-49(7)8)110-84(130)63(35-54-20-24-58(119)25-21-54)104-78(124)53(13)102-81(127)65(37-56-39-96-45-100-56)106-85(131)66(38-57-40-97-46-101-57)107-82(128)62(32-47(3)4)108-90(136)77(52(12)15-2)114-88(134)71-19-17-31-116(71)91(137)67(33-48(5)6)109-80(126)61(28-29-72(95)121)103-83(129)64(105-79(125)60(94)43-117)36-55-22-26-59(120)27-23-55/h20-27,39-40,45-53,60-71,75-77,117-120H,14-19,28-38,41-44,94H2,1-13H3,(H2,95,121)(H,96,100)(H,97,101)(H,98,122)(H,99,135)(H,102,127)(H,103,129)(H,104,124)(H,105,125)(H,106,131)(H,107,128)(H,108,136)(H,109,126)(H,110,130)(H,111,133)(H,112,123)(H,113,132)(H,114,134)(H,139,140)/t51-,52-,53-,60-,61-,62-,63-,64-,65-,66-,67-,68-,69?,70-,71-,75-,76-,77-/m0/s1. The molecule has 0 spiro atoms. The number of primary amides is 1. The molecule has 18 amide bonds. The van der Waals surface area contributed by atoms with Gasteiger partial charge in [-0.2, -0.15) is 0 Å². The molecule has 1 unspecified atom stereocenters. The van der Waals surface area contributed by atoms with Crippen molar-refractivity contribution < 1.29 is 117 Å². The number of aromatic nitrogens is 4. The normalized spacial score (nSPS) is 17.0. The van der Waals surface area contributed by atoms with Gasteiger partial charge in [0.15, 0.2) is 0 Å². The van der Waals surface area contributed by atoms with Crippen LogP contribution in [0.5, 0.6) is 11.5 Å². The Morgan fingerprint density at radius 2 is 0.800 bits per heavy atom. The second kappa shape index (κ2) is 56.4. The number of carbonyl (C=O) groups is 19. The minimum Gasteiger partial charge on any atom is -0.508 e. The zero-order chi connectivity index (χ0) is 104. The molecule has 2 aliphatic rings. The lowest BCUT2D eigenvalue weighted by molar-refractivity contribution is -0.143. The highest BCUT2D eigenvalue weighted by Crippen LogP contribution is 2.26. The molecule has 0 radical (unpaired) electrons. The summed E-state index contributed by atoms with van der Waals surface area (Å²) in [7, 11) is 0. The van der Waals surface area contributed by atoms with Crippen molar-refractivity contribution in [2.24, 2.45) is 47.0 Å². The summed E-state index contributed by atoms with van der Waals surface area (Å²) >= 11 is 0. The second-order valence-corrected chi connectivity index (χ2v) is 37.2. The number of hydrogen-bond acceptors (Lipinski definition) is 26. The van der Waals surface area contributed by atoms with Gasteiger partial charge in [0.1, 0.15) is 108 Å². The Hall–Kier alpha value is -13.7.